The minimum atomic E-state index is -1.17. The van der Waals surface area contributed by atoms with Crippen LogP contribution in [0.1, 0.15) is 36.7 Å². The fourth-order valence-electron chi connectivity index (χ4n) is 1.45. The lowest BCUT2D eigenvalue weighted by Crippen LogP contribution is -2.15. The summed E-state index contributed by atoms with van der Waals surface area (Å²) in [7, 11) is -1.17. The summed E-state index contributed by atoms with van der Waals surface area (Å²) < 4.78 is 5.78. The molecule has 0 heterocycles. The number of hydrogen-bond acceptors (Lipinski definition) is 2. The van der Waals surface area contributed by atoms with Crippen LogP contribution in [0, 0.1) is 0 Å². The zero-order valence-electron chi connectivity index (χ0n) is 10.7. The maximum Gasteiger partial charge on any atom is 0.229 e. The Morgan fingerprint density at radius 3 is 2.31 bits per heavy atom. The van der Waals surface area contributed by atoms with Crippen LogP contribution < -0.4 is 4.43 Å². The Hall–Kier alpha value is -1.09. The van der Waals surface area contributed by atoms with Crippen molar-refractivity contribution in [2.45, 2.75) is 39.3 Å². The highest BCUT2D eigenvalue weighted by Gasteiger charge is 2.16. The van der Waals surface area contributed by atoms with Crippen molar-refractivity contribution in [2.75, 3.05) is 0 Å². The van der Waals surface area contributed by atoms with Gasteiger partial charge in [-0.05, 0) is 36.2 Å². The van der Waals surface area contributed by atoms with Crippen molar-refractivity contribution < 1.29 is 9.22 Å². The van der Waals surface area contributed by atoms with E-state index in [1.807, 2.05) is 18.2 Å². The zero-order valence-corrected chi connectivity index (χ0v) is 11.9. The third kappa shape index (κ3) is 3.20. The summed E-state index contributed by atoms with van der Waals surface area (Å²) >= 11 is 0. The molecule has 1 aromatic carbocycles. The van der Waals surface area contributed by atoms with Crippen LogP contribution in [0.25, 0.3) is 0 Å². The van der Waals surface area contributed by atoms with Gasteiger partial charge in [-0.25, -0.2) is 0 Å². The first-order chi connectivity index (χ1) is 7.34. The molecule has 0 saturated heterocycles. The van der Waals surface area contributed by atoms with Crippen molar-refractivity contribution >= 4 is 15.3 Å². The normalized spacial score (nSPS) is 11.6. The lowest BCUT2D eigenvalue weighted by Gasteiger charge is -2.21. The van der Waals surface area contributed by atoms with E-state index in [-0.39, 0.29) is 5.41 Å². The van der Waals surface area contributed by atoms with E-state index in [9.17, 15) is 4.79 Å². The van der Waals surface area contributed by atoms with Crippen LogP contribution in [0.15, 0.2) is 18.2 Å². The number of hydrogen-bond donors (Lipinski definition) is 0. The second kappa shape index (κ2) is 4.83. The maximum absolute atomic E-state index is 10.9. The van der Waals surface area contributed by atoms with Gasteiger partial charge in [-0.15, -0.1) is 0 Å². The SMILES string of the molecule is C[SiH](C)Oc1cc(C(C)(C)C)ccc1C=O. The van der Waals surface area contributed by atoms with E-state index in [4.69, 9.17) is 4.43 Å². The highest BCUT2D eigenvalue weighted by molar-refractivity contribution is 6.49. The summed E-state index contributed by atoms with van der Waals surface area (Å²) in [5.41, 5.74) is 1.93. The topological polar surface area (TPSA) is 26.3 Å². The van der Waals surface area contributed by atoms with Gasteiger partial charge < -0.3 is 4.43 Å². The minimum absolute atomic E-state index is 0.0814. The molecule has 1 aromatic rings. The molecular weight excluding hydrogens is 216 g/mol. The quantitative estimate of drug-likeness (QED) is 0.595. The van der Waals surface area contributed by atoms with Crippen molar-refractivity contribution in [1.82, 2.24) is 0 Å². The minimum Gasteiger partial charge on any atom is -0.546 e. The van der Waals surface area contributed by atoms with E-state index in [1.54, 1.807) is 0 Å². The van der Waals surface area contributed by atoms with Gasteiger partial charge in [0, 0.05) is 0 Å². The van der Waals surface area contributed by atoms with E-state index in [0.29, 0.717) is 5.56 Å². The maximum atomic E-state index is 10.9. The summed E-state index contributed by atoms with van der Waals surface area (Å²) in [4.78, 5) is 10.9. The van der Waals surface area contributed by atoms with Gasteiger partial charge in [-0.2, -0.15) is 0 Å². The Morgan fingerprint density at radius 2 is 1.88 bits per heavy atom. The molecule has 0 N–H and O–H groups in total. The molecule has 0 saturated carbocycles. The fraction of sp³-hybridized carbons (Fsp3) is 0.462. The van der Waals surface area contributed by atoms with Gasteiger partial charge in [0.15, 0.2) is 6.29 Å². The van der Waals surface area contributed by atoms with Crippen molar-refractivity contribution in [3.05, 3.63) is 29.3 Å². The molecule has 0 aliphatic heterocycles. The average molecular weight is 236 g/mol. The second-order valence-corrected chi connectivity index (χ2v) is 7.62. The predicted octanol–water partition coefficient (Wildman–Crippen LogP) is 3.16. The zero-order chi connectivity index (χ0) is 12.3. The highest BCUT2D eigenvalue weighted by Crippen LogP contribution is 2.28. The van der Waals surface area contributed by atoms with Gasteiger partial charge in [0.2, 0.25) is 9.04 Å². The molecule has 2 nitrogen and oxygen atoms in total. The smallest absolute Gasteiger partial charge is 0.229 e. The standard InChI is InChI=1S/C13H20O2Si/c1-13(2,3)11-7-6-10(9-14)12(8-11)15-16(4)5/h6-9,16H,1-5H3. The number of benzene rings is 1. The third-order valence-corrected chi connectivity index (χ3v) is 3.09. The summed E-state index contributed by atoms with van der Waals surface area (Å²) in [5, 5.41) is 0. The monoisotopic (exact) mass is 236 g/mol. The Morgan fingerprint density at radius 1 is 1.25 bits per heavy atom. The Balaban J connectivity index is 3.16. The van der Waals surface area contributed by atoms with Crippen LogP contribution in [-0.4, -0.2) is 15.3 Å². The molecular formula is C13H20O2Si. The van der Waals surface area contributed by atoms with Crippen LogP contribution in [0.3, 0.4) is 0 Å². The summed E-state index contributed by atoms with van der Waals surface area (Å²) in [6, 6.07) is 5.84. The van der Waals surface area contributed by atoms with E-state index in [1.165, 1.54) is 5.56 Å². The van der Waals surface area contributed by atoms with E-state index in [0.717, 1.165) is 12.0 Å². The van der Waals surface area contributed by atoms with Crippen LogP contribution in [0.5, 0.6) is 5.75 Å². The molecule has 0 unspecified atom stereocenters. The van der Waals surface area contributed by atoms with Gasteiger partial charge in [0.25, 0.3) is 0 Å². The molecule has 16 heavy (non-hydrogen) atoms. The Labute approximate surface area is 99.4 Å². The second-order valence-electron chi connectivity index (χ2n) is 5.29. The van der Waals surface area contributed by atoms with Gasteiger partial charge in [-0.1, -0.05) is 26.8 Å². The molecule has 0 atom stereocenters. The van der Waals surface area contributed by atoms with Crippen molar-refractivity contribution in [1.29, 1.82) is 0 Å². The molecule has 0 bridgehead atoms. The molecule has 1 rings (SSSR count). The largest absolute Gasteiger partial charge is 0.546 e. The van der Waals surface area contributed by atoms with Crippen LogP contribution in [-0.2, 0) is 5.41 Å². The molecule has 0 spiro atoms. The fourth-order valence-corrected chi connectivity index (χ4v) is 2.17. The highest BCUT2D eigenvalue weighted by atomic mass is 28.3. The molecule has 0 amide bonds. The molecule has 0 aromatic heterocycles. The lowest BCUT2D eigenvalue weighted by molar-refractivity contribution is 0.112. The summed E-state index contributed by atoms with van der Waals surface area (Å²) in [6.07, 6.45) is 0.860. The van der Waals surface area contributed by atoms with Gasteiger partial charge in [-0.3, -0.25) is 4.79 Å². The third-order valence-electron chi connectivity index (χ3n) is 2.37. The number of aldehydes is 1. The number of carbonyl (C=O) groups is 1. The number of carbonyl (C=O) groups excluding carboxylic acids is 1. The first-order valence-corrected chi connectivity index (χ1v) is 8.39. The van der Waals surface area contributed by atoms with Gasteiger partial charge in [0.05, 0.1) is 5.56 Å². The van der Waals surface area contributed by atoms with Crippen LogP contribution in [0.4, 0.5) is 0 Å². The number of rotatable bonds is 3. The van der Waals surface area contributed by atoms with E-state index < -0.39 is 9.04 Å². The Bertz CT molecular complexity index is 378. The van der Waals surface area contributed by atoms with Gasteiger partial charge in [0.1, 0.15) is 5.75 Å². The van der Waals surface area contributed by atoms with Crippen LogP contribution >= 0.6 is 0 Å². The average Bonchev–Trinajstić information content (AvgIpc) is 2.15. The predicted molar refractivity (Wildman–Crippen MR) is 70.0 cm³/mol. The molecule has 88 valence electrons. The molecule has 3 heteroatoms. The molecule has 0 aliphatic carbocycles. The summed E-state index contributed by atoms with van der Waals surface area (Å²) in [5.74, 6) is 0.740. The first kappa shape index (κ1) is 13.0. The molecule has 0 fully saturated rings. The van der Waals surface area contributed by atoms with E-state index >= 15 is 0 Å². The molecule has 0 radical (unpaired) electrons. The van der Waals surface area contributed by atoms with Gasteiger partial charge >= 0.3 is 0 Å². The summed E-state index contributed by atoms with van der Waals surface area (Å²) in [6.45, 7) is 10.6. The lowest BCUT2D eigenvalue weighted by atomic mass is 9.86. The Kier molecular flexibility index (Phi) is 3.91. The van der Waals surface area contributed by atoms with Crippen LogP contribution in [0.2, 0.25) is 13.1 Å². The van der Waals surface area contributed by atoms with Crippen molar-refractivity contribution in [3.8, 4) is 5.75 Å². The van der Waals surface area contributed by atoms with Crippen molar-refractivity contribution in [3.63, 3.8) is 0 Å². The van der Waals surface area contributed by atoms with E-state index in [2.05, 4.69) is 33.9 Å². The first-order valence-electron chi connectivity index (χ1n) is 5.61. The molecule has 0 aliphatic rings. The van der Waals surface area contributed by atoms with Crippen molar-refractivity contribution in [2.24, 2.45) is 0 Å².